The smallest absolute Gasteiger partial charge is 0.148 e. The minimum atomic E-state index is -0.0293. The fraction of sp³-hybridized carbons (Fsp3) is 0.417. The molecule has 1 aliphatic rings. The molecule has 0 spiro atoms. The number of rotatable bonds is 2. The first-order valence-electron chi connectivity index (χ1n) is 4.99. The quantitative estimate of drug-likeness (QED) is 0.764. The van der Waals surface area contributed by atoms with Gasteiger partial charge in [-0.2, -0.15) is 0 Å². The molecule has 1 aromatic rings. The Morgan fingerprint density at radius 1 is 1.36 bits per heavy atom. The van der Waals surface area contributed by atoms with Crippen molar-refractivity contribution in [3.05, 3.63) is 35.9 Å². The third-order valence-electron chi connectivity index (χ3n) is 2.74. The van der Waals surface area contributed by atoms with Crippen molar-refractivity contribution in [3.63, 3.8) is 0 Å². The first-order valence-corrected chi connectivity index (χ1v) is 4.99. The van der Waals surface area contributed by atoms with Gasteiger partial charge >= 0.3 is 0 Å². The summed E-state index contributed by atoms with van der Waals surface area (Å²) in [7, 11) is 0. The van der Waals surface area contributed by atoms with Crippen molar-refractivity contribution in [2.75, 3.05) is 6.54 Å². The van der Waals surface area contributed by atoms with Crippen molar-refractivity contribution in [2.24, 2.45) is 0 Å². The van der Waals surface area contributed by atoms with Crippen molar-refractivity contribution in [1.82, 2.24) is 5.32 Å². The van der Waals surface area contributed by atoms with Crippen LogP contribution in [0.4, 0.5) is 0 Å². The number of nitrogens with one attached hydrogen (secondary N) is 1. The molecule has 1 aliphatic heterocycles. The van der Waals surface area contributed by atoms with Gasteiger partial charge in [-0.05, 0) is 18.9 Å². The fourth-order valence-corrected chi connectivity index (χ4v) is 2.04. The van der Waals surface area contributed by atoms with E-state index in [4.69, 9.17) is 0 Å². The van der Waals surface area contributed by atoms with Gasteiger partial charge in [0.2, 0.25) is 0 Å². The summed E-state index contributed by atoms with van der Waals surface area (Å²) >= 11 is 0. The van der Waals surface area contributed by atoms with Gasteiger partial charge in [0.05, 0.1) is 6.54 Å². The van der Waals surface area contributed by atoms with Crippen molar-refractivity contribution in [1.29, 1.82) is 0 Å². The van der Waals surface area contributed by atoms with Gasteiger partial charge in [0.25, 0.3) is 0 Å². The number of benzene rings is 1. The highest BCUT2D eigenvalue weighted by molar-refractivity contribution is 5.84. The molecule has 14 heavy (non-hydrogen) atoms. The molecule has 1 N–H and O–H groups in total. The zero-order valence-corrected chi connectivity index (χ0v) is 8.42. The summed E-state index contributed by atoms with van der Waals surface area (Å²) in [4.78, 5) is 11.2. The monoisotopic (exact) mass is 189 g/mol. The van der Waals surface area contributed by atoms with E-state index in [1.54, 1.807) is 0 Å². The predicted octanol–water partition coefficient (Wildman–Crippen LogP) is 1.55. The van der Waals surface area contributed by atoms with Crippen LogP contribution in [-0.2, 0) is 11.2 Å². The van der Waals surface area contributed by atoms with Crippen LogP contribution in [-0.4, -0.2) is 17.9 Å². The summed E-state index contributed by atoms with van der Waals surface area (Å²) in [5.74, 6) is 0.323. The molecule has 74 valence electrons. The molecule has 2 heteroatoms. The molecule has 0 saturated carbocycles. The number of hydrogen-bond acceptors (Lipinski definition) is 2. The van der Waals surface area contributed by atoms with Crippen LogP contribution in [0.1, 0.15) is 18.9 Å². The summed E-state index contributed by atoms with van der Waals surface area (Å²) in [5.41, 5.74) is 1.26. The highest BCUT2D eigenvalue weighted by atomic mass is 16.1. The second kappa shape index (κ2) is 3.54. The lowest BCUT2D eigenvalue weighted by atomic mass is 9.91. The van der Waals surface area contributed by atoms with Gasteiger partial charge in [-0.3, -0.25) is 4.79 Å². The molecule has 1 saturated heterocycles. The van der Waals surface area contributed by atoms with Crippen LogP contribution in [0.5, 0.6) is 0 Å². The van der Waals surface area contributed by atoms with Crippen molar-refractivity contribution >= 4 is 5.78 Å². The number of ketones is 1. The van der Waals surface area contributed by atoms with E-state index in [0.717, 1.165) is 6.42 Å². The Labute approximate surface area is 84.3 Å². The van der Waals surface area contributed by atoms with E-state index in [1.807, 2.05) is 18.2 Å². The lowest BCUT2D eigenvalue weighted by Crippen LogP contribution is -2.38. The van der Waals surface area contributed by atoms with Crippen LogP contribution in [0.2, 0.25) is 0 Å². The van der Waals surface area contributed by atoms with Gasteiger partial charge in [-0.25, -0.2) is 0 Å². The van der Waals surface area contributed by atoms with E-state index in [9.17, 15) is 4.79 Å². The molecular weight excluding hydrogens is 174 g/mol. The number of Topliss-reactive ketones (excluding diaryl/α,β-unsaturated/α-hetero) is 1. The normalized spacial score (nSPS) is 26.8. The first-order chi connectivity index (χ1) is 6.68. The van der Waals surface area contributed by atoms with Crippen LogP contribution in [0.25, 0.3) is 0 Å². The standard InChI is InChI=1S/C12H15NO/c1-12(8-11(14)9-13-12)7-10-5-3-2-4-6-10/h2-6,13H,7-9H2,1H3. The second-order valence-corrected chi connectivity index (χ2v) is 4.29. The third-order valence-corrected chi connectivity index (χ3v) is 2.74. The van der Waals surface area contributed by atoms with Gasteiger partial charge in [0.1, 0.15) is 5.78 Å². The number of carbonyl (C=O) groups excluding carboxylic acids is 1. The van der Waals surface area contributed by atoms with Crippen molar-refractivity contribution in [2.45, 2.75) is 25.3 Å². The molecule has 2 rings (SSSR count). The maximum Gasteiger partial charge on any atom is 0.148 e. The zero-order chi connectivity index (χ0) is 10.0. The molecule has 0 aliphatic carbocycles. The van der Waals surface area contributed by atoms with E-state index in [2.05, 4.69) is 24.4 Å². The maximum atomic E-state index is 11.2. The lowest BCUT2D eigenvalue weighted by molar-refractivity contribution is -0.116. The third kappa shape index (κ3) is 2.02. The average molecular weight is 189 g/mol. The molecule has 1 aromatic carbocycles. The van der Waals surface area contributed by atoms with Crippen LogP contribution < -0.4 is 5.32 Å². The summed E-state index contributed by atoms with van der Waals surface area (Å²) in [6, 6.07) is 10.3. The molecule has 1 atom stereocenters. The Bertz CT molecular complexity index is 333. The van der Waals surface area contributed by atoms with Crippen LogP contribution >= 0.6 is 0 Å². The van der Waals surface area contributed by atoms with E-state index < -0.39 is 0 Å². The minimum absolute atomic E-state index is 0.0293. The largest absolute Gasteiger partial charge is 0.304 e. The summed E-state index contributed by atoms with van der Waals surface area (Å²) in [5, 5.41) is 3.28. The predicted molar refractivity (Wildman–Crippen MR) is 56.2 cm³/mol. The highest BCUT2D eigenvalue weighted by Gasteiger charge is 2.33. The number of carbonyl (C=O) groups is 1. The molecule has 0 radical (unpaired) electrons. The molecule has 1 unspecified atom stereocenters. The summed E-state index contributed by atoms with van der Waals surface area (Å²) < 4.78 is 0. The van der Waals surface area contributed by atoms with E-state index in [-0.39, 0.29) is 5.54 Å². The molecule has 1 heterocycles. The number of hydrogen-bond donors (Lipinski definition) is 1. The topological polar surface area (TPSA) is 29.1 Å². The molecule has 0 amide bonds. The van der Waals surface area contributed by atoms with Gasteiger partial charge in [-0.1, -0.05) is 30.3 Å². The zero-order valence-electron chi connectivity index (χ0n) is 8.42. The Morgan fingerprint density at radius 3 is 2.64 bits per heavy atom. The Balaban J connectivity index is 2.08. The molecular formula is C12H15NO. The van der Waals surface area contributed by atoms with Crippen LogP contribution in [0.15, 0.2) is 30.3 Å². The average Bonchev–Trinajstić information content (AvgIpc) is 2.47. The SMILES string of the molecule is CC1(Cc2ccccc2)CC(=O)CN1. The van der Waals surface area contributed by atoms with Gasteiger partial charge < -0.3 is 5.32 Å². The second-order valence-electron chi connectivity index (χ2n) is 4.29. The molecule has 1 fully saturated rings. The van der Waals surface area contributed by atoms with Crippen LogP contribution in [0, 0.1) is 0 Å². The summed E-state index contributed by atoms with van der Waals surface area (Å²) in [6.07, 6.45) is 1.58. The molecule has 0 bridgehead atoms. The Hall–Kier alpha value is -1.15. The van der Waals surface area contributed by atoms with E-state index in [0.29, 0.717) is 18.7 Å². The van der Waals surface area contributed by atoms with E-state index in [1.165, 1.54) is 5.56 Å². The van der Waals surface area contributed by atoms with Gasteiger partial charge in [0, 0.05) is 12.0 Å². The van der Waals surface area contributed by atoms with Crippen LogP contribution in [0.3, 0.4) is 0 Å². The minimum Gasteiger partial charge on any atom is -0.304 e. The van der Waals surface area contributed by atoms with Crippen molar-refractivity contribution in [3.8, 4) is 0 Å². The van der Waals surface area contributed by atoms with Gasteiger partial charge in [-0.15, -0.1) is 0 Å². The Morgan fingerprint density at radius 2 is 2.07 bits per heavy atom. The summed E-state index contributed by atoms with van der Waals surface area (Å²) in [6.45, 7) is 2.65. The molecule has 0 aromatic heterocycles. The lowest BCUT2D eigenvalue weighted by Gasteiger charge is -2.23. The highest BCUT2D eigenvalue weighted by Crippen LogP contribution is 2.21. The fourth-order valence-electron chi connectivity index (χ4n) is 2.04. The van der Waals surface area contributed by atoms with E-state index >= 15 is 0 Å². The Kier molecular flexibility index (Phi) is 2.38. The van der Waals surface area contributed by atoms with Gasteiger partial charge in [0.15, 0.2) is 0 Å². The maximum absolute atomic E-state index is 11.2. The van der Waals surface area contributed by atoms with Crippen molar-refractivity contribution < 1.29 is 4.79 Å². The first kappa shape index (κ1) is 9.41. The molecule has 2 nitrogen and oxygen atoms in total.